The van der Waals surface area contributed by atoms with E-state index in [2.05, 4.69) is 10.6 Å². The summed E-state index contributed by atoms with van der Waals surface area (Å²) in [5.74, 6) is -4.04. The molecule has 0 bridgehead atoms. The highest BCUT2D eigenvalue weighted by atomic mass is 16.7. The molecule has 2 unspecified atom stereocenters. The van der Waals surface area contributed by atoms with Crippen LogP contribution in [-0.2, 0) is 14.3 Å². The summed E-state index contributed by atoms with van der Waals surface area (Å²) in [6, 6.07) is -0.881. The monoisotopic (exact) mass is 392 g/mol. The molecule has 8 N–H and O–H groups in total. The van der Waals surface area contributed by atoms with Crippen molar-refractivity contribution < 1.29 is 45.0 Å². The molecule has 0 saturated carbocycles. The Hall–Kier alpha value is -1.18. The van der Waals surface area contributed by atoms with Crippen LogP contribution in [0.4, 0.5) is 0 Å². The van der Waals surface area contributed by atoms with Crippen LogP contribution in [0.15, 0.2) is 0 Å². The molecule has 3 fully saturated rings. The lowest BCUT2D eigenvalue weighted by molar-refractivity contribution is -0.345. The normalized spacial score (nSPS) is 40.1. The van der Waals surface area contributed by atoms with E-state index in [1.807, 2.05) is 0 Å². The highest BCUT2D eigenvalue weighted by Gasteiger charge is 2.56. The largest absolute Gasteiger partial charge is 0.480 e. The summed E-state index contributed by atoms with van der Waals surface area (Å²) in [6.07, 6.45) is -3.98. The number of carbonyl (C=O) groups is 2. The van der Waals surface area contributed by atoms with Crippen LogP contribution in [0.25, 0.3) is 0 Å². The van der Waals surface area contributed by atoms with E-state index in [4.69, 9.17) is 9.84 Å². The van der Waals surface area contributed by atoms with Crippen molar-refractivity contribution in [2.45, 2.75) is 68.0 Å². The average molecular weight is 392 g/mol. The number of carboxylic acid groups (broad SMARTS) is 1. The van der Waals surface area contributed by atoms with Crippen molar-refractivity contribution in [3.8, 4) is 0 Å². The average Bonchev–Trinajstić information content (AvgIpc) is 3.36. The van der Waals surface area contributed by atoms with Gasteiger partial charge in [0.1, 0.15) is 24.4 Å². The number of aliphatic carboxylic acids is 1. The van der Waals surface area contributed by atoms with E-state index in [1.165, 1.54) is 0 Å². The zero-order valence-corrected chi connectivity index (χ0v) is 14.8. The third-order valence-electron chi connectivity index (χ3n) is 5.05. The second kappa shape index (κ2) is 9.34. The van der Waals surface area contributed by atoms with Gasteiger partial charge in [0.15, 0.2) is 11.9 Å². The Labute approximate surface area is 156 Å². The first kappa shape index (κ1) is 22.1. The smallest absolute Gasteiger partial charge is 0.320 e. The van der Waals surface area contributed by atoms with E-state index in [9.17, 15) is 35.1 Å². The number of nitrogens with one attached hydrogen (secondary N) is 2. The molecule has 3 saturated heterocycles. The fourth-order valence-corrected chi connectivity index (χ4v) is 3.32. The van der Waals surface area contributed by atoms with Crippen molar-refractivity contribution in [2.75, 3.05) is 19.7 Å². The molecular formula is C16H28N2O9. The fraction of sp³-hybridized carbons (Fsp3) is 0.875. The third-order valence-corrected chi connectivity index (χ3v) is 5.05. The van der Waals surface area contributed by atoms with Gasteiger partial charge in [-0.25, -0.2) is 0 Å². The van der Waals surface area contributed by atoms with Gasteiger partial charge in [0.05, 0.1) is 12.6 Å². The molecule has 0 aliphatic carbocycles. The Kier molecular flexibility index (Phi) is 7.65. The van der Waals surface area contributed by atoms with Gasteiger partial charge in [-0.15, -0.1) is 0 Å². The lowest BCUT2D eigenvalue weighted by atomic mass is 9.89. The number of carbonyl (C=O) groups excluding carboxylic acids is 1. The van der Waals surface area contributed by atoms with Crippen molar-refractivity contribution in [1.82, 2.24) is 10.6 Å². The van der Waals surface area contributed by atoms with Crippen molar-refractivity contribution in [3.05, 3.63) is 0 Å². The third kappa shape index (κ3) is 5.00. The topological polar surface area (TPSA) is 189 Å². The molecule has 0 aromatic heterocycles. The first-order chi connectivity index (χ1) is 12.7. The van der Waals surface area contributed by atoms with Crippen LogP contribution < -0.4 is 10.6 Å². The zero-order valence-electron chi connectivity index (χ0n) is 14.8. The molecule has 3 heterocycles. The molecule has 0 amide bonds. The summed E-state index contributed by atoms with van der Waals surface area (Å²) >= 11 is 0. The van der Waals surface area contributed by atoms with E-state index in [-0.39, 0.29) is 6.04 Å². The Morgan fingerprint density at radius 3 is 2.04 bits per heavy atom. The van der Waals surface area contributed by atoms with Crippen molar-refractivity contribution in [3.63, 3.8) is 0 Å². The Bertz CT molecular complexity index is 522. The van der Waals surface area contributed by atoms with E-state index in [1.54, 1.807) is 0 Å². The highest BCUT2D eigenvalue weighted by Crippen LogP contribution is 2.28. The lowest BCUT2D eigenvalue weighted by Crippen LogP contribution is -2.68. The molecule has 0 aromatic rings. The number of ether oxygens (including phenoxy) is 1. The minimum atomic E-state index is -2.61. The molecule has 27 heavy (non-hydrogen) atoms. The molecule has 7 atom stereocenters. The zero-order chi connectivity index (χ0) is 20.2. The van der Waals surface area contributed by atoms with E-state index >= 15 is 0 Å². The van der Waals surface area contributed by atoms with Gasteiger partial charge in [0.2, 0.25) is 5.79 Å². The van der Waals surface area contributed by atoms with Crippen LogP contribution in [0.2, 0.25) is 0 Å². The van der Waals surface area contributed by atoms with Crippen LogP contribution >= 0.6 is 0 Å². The maximum absolute atomic E-state index is 12.0. The SMILES string of the molecule is O=C(C(O)C1(O)OC[C@@H](O)[C@@H](O)[C@@H]1O)[C@@H]1CCCN1.O=C(O)[C@@H]1CCCN1. The van der Waals surface area contributed by atoms with Gasteiger partial charge in [-0.3, -0.25) is 9.59 Å². The van der Waals surface area contributed by atoms with Gasteiger partial charge in [0.25, 0.3) is 0 Å². The molecule has 0 spiro atoms. The van der Waals surface area contributed by atoms with Gasteiger partial charge in [-0.2, -0.15) is 0 Å². The summed E-state index contributed by atoms with van der Waals surface area (Å²) in [6.45, 7) is 1.00. The summed E-state index contributed by atoms with van der Waals surface area (Å²) in [5.41, 5.74) is 0. The lowest BCUT2D eigenvalue weighted by Gasteiger charge is -2.43. The number of hydrogen-bond acceptors (Lipinski definition) is 10. The van der Waals surface area contributed by atoms with E-state index < -0.39 is 54.6 Å². The standard InChI is InChI=1S/C11H19NO7.C5H9NO2/c13-6-4-19-11(18,10(17)8(6)15)9(16)7(14)5-2-1-3-12-5;7-5(8)4-2-1-3-6-4/h5-6,8-10,12-13,15-18H,1-4H2;4,6H,1-3H2,(H,7,8)/t5-,6+,8+,9?,10-,11?;4-/m00/s1. The molecular weight excluding hydrogens is 364 g/mol. The van der Waals surface area contributed by atoms with Crippen LogP contribution in [0.5, 0.6) is 0 Å². The second-order valence-electron chi connectivity index (χ2n) is 7.01. The van der Waals surface area contributed by atoms with Crippen LogP contribution in [0.1, 0.15) is 25.7 Å². The maximum Gasteiger partial charge on any atom is 0.320 e. The molecule has 0 radical (unpaired) electrons. The van der Waals surface area contributed by atoms with Gasteiger partial charge >= 0.3 is 5.97 Å². The number of Topliss-reactive ketones (excluding diaryl/α,β-unsaturated/α-hetero) is 1. The first-order valence-electron chi connectivity index (χ1n) is 9.00. The first-order valence-corrected chi connectivity index (χ1v) is 9.00. The van der Waals surface area contributed by atoms with Gasteiger partial charge in [-0.1, -0.05) is 0 Å². The summed E-state index contributed by atoms with van der Waals surface area (Å²) < 4.78 is 4.80. The number of rotatable bonds is 4. The quantitative estimate of drug-likeness (QED) is 0.235. The fourth-order valence-electron chi connectivity index (χ4n) is 3.32. The molecule has 11 nitrogen and oxygen atoms in total. The number of aliphatic hydroxyl groups is 5. The van der Waals surface area contributed by atoms with E-state index in [0.717, 1.165) is 25.8 Å². The Balaban J connectivity index is 0.000000273. The molecule has 156 valence electrons. The predicted octanol–water partition coefficient (Wildman–Crippen LogP) is -3.71. The Morgan fingerprint density at radius 2 is 1.59 bits per heavy atom. The molecule has 11 heteroatoms. The number of carboxylic acids is 1. The Morgan fingerprint density at radius 1 is 1.04 bits per heavy atom. The van der Waals surface area contributed by atoms with Gasteiger partial charge in [-0.05, 0) is 38.8 Å². The number of ketones is 1. The maximum atomic E-state index is 12.0. The van der Waals surface area contributed by atoms with E-state index in [0.29, 0.717) is 13.0 Å². The van der Waals surface area contributed by atoms with Crippen LogP contribution in [0, 0.1) is 0 Å². The van der Waals surface area contributed by atoms with Crippen molar-refractivity contribution in [1.29, 1.82) is 0 Å². The van der Waals surface area contributed by atoms with Crippen LogP contribution in [0.3, 0.4) is 0 Å². The van der Waals surface area contributed by atoms with Gasteiger partial charge in [0, 0.05) is 0 Å². The number of aliphatic hydroxyl groups excluding tert-OH is 4. The van der Waals surface area contributed by atoms with Crippen molar-refractivity contribution in [2.24, 2.45) is 0 Å². The minimum absolute atomic E-state index is 0.269. The summed E-state index contributed by atoms with van der Waals surface area (Å²) in [7, 11) is 0. The van der Waals surface area contributed by atoms with Crippen LogP contribution in [-0.4, -0.2) is 104 Å². The summed E-state index contributed by atoms with van der Waals surface area (Å²) in [5, 5.41) is 62.6. The molecule has 3 rings (SSSR count). The minimum Gasteiger partial charge on any atom is -0.480 e. The molecule has 3 aliphatic heterocycles. The molecule has 3 aliphatic rings. The summed E-state index contributed by atoms with van der Waals surface area (Å²) in [4.78, 5) is 22.1. The second-order valence-corrected chi connectivity index (χ2v) is 7.01. The predicted molar refractivity (Wildman–Crippen MR) is 89.6 cm³/mol. The molecule has 0 aromatic carbocycles. The highest BCUT2D eigenvalue weighted by molar-refractivity contribution is 5.89. The van der Waals surface area contributed by atoms with Gasteiger partial charge < -0.3 is 46.0 Å². The van der Waals surface area contributed by atoms with Crippen molar-refractivity contribution >= 4 is 11.8 Å². The number of hydrogen-bond donors (Lipinski definition) is 8.